The van der Waals surface area contributed by atoms with E-state index < -0.39 is 11.7 Å². The summed E-state index contributed by atoms with van der Waals surface area (Å²) in [7, 11) is 1.42. The summed E-state index contributed by atoms with van der Waals surface area (Å²) in [6.07, 6.45) is 3.73. The standard InChI is InChI=1S/C28H29FN4O4/c1-17-11-19(3-5-22(17)28(30)34)33-16-32-27-24(31-15-18-7-9-36-10-8-18)13-21(14-25(27)33)37-20-4-6-26(35-2)23(29)12-20/h3-6,11-14,16,18,31H,7-10,15H2,1-2H3,(H2,30,34). The van der Waals surface area contributed by atoms with E-state index in [9.17, 15) is 9.18 Å². The van der Waals surface area contributed by atoms with Gasteiger partial charge in [0.15, 0.2) is 11.6 Å². The lowest BCUT2D eigenvalue weighted by Gasteiger charge is -2.23. The molecule has 0 aliphatic carbocycles. The molecule has 0 radical (unpaired) electrons. The zero-order chi connectivity index (χ0) is 25.9. The second kappa shape index (κ2) is 10.5. The van der Waals surface area contributed by atoms with Crippen molar-refractivity contribution >= 4 is 22.6 Å². The number of hydrogen-bond donors (Lipinski definition) is 2. The second-order valence-electron chi connectivity index (χ2n) is 9.15. The first kappa shape index (κ1) is 24.6. The number of fused-ring (bicyclic) bond motifs is 1. The maximum atomic E-state index is 14.3. The first-order chi connectivity index (χ1) is 17.9. The third-order valence-corrected chi connectivity index (χ3v) is 6.66. The van der Waals surface area contributed by atoms with Crippen LogP contribution in [0.25, 0.3) is 16.7 Å². The number of halogens is 1. The van der Waals surface area contributed by atoms with Crippen LogP contribution in [0.3, 0.4) is 0 Å². The van der Waals surface area contributed by atoms with Gasteiger partial charge in [0, 0.05) is 49.2 Å². The summed E-state index contributed by atoms with van der Waals surface area (Å²) in [5.74, 6) is 0.541. The van der Waals surface area contributed by atoms with Crippen molar-refractivity contribution in [1.29, 1.82) is 0 Å². The van der Waals surface area contributed by atoms with Crippen LogP contribution in [0.2, 0.25) is 0 Å². The number of carbonyl (C=O) groups is 1. The van der Waals surface area contributed by atoms with Crippen molar-refractivity contribution < 1.29 is 23.4 Å². The Labute approximate surface area is 214 Å². The lowest BCUT2D eigenvalue weighted by atomic mass is 10.0. The Morgan fingerprint density at radius 1 is 1.16 bits per heavy atom. The Hall–Kier alpha value is -4.11. The number of nitrogens with one attached hydrogen (secondary N) is 1. The monoisotopic (exact) mass is 504 g/mol. The average molecular weight is 505 g/mol. The summed E-state index contributed by atoms with van der Waals surface area (Å²) in [4.78, 5) is 16.4. The number of nitrogens with two attached hydrogens (primary N) is 1. The molecular formula is C28H29FN4O4. The Morgan fingerprint density at radius 3 is 2.68 bits per heavy atom. The number of rotatable bonds is 8. The van der Waals surface area contributed by atoms with E-state index in [4.69, 9.17) is 19.9 Å². The molecule has 192 valence electrons. The summed E-state index contributed by atoms with van der Waals surface area (Å²) in [6.45, 7) is 4.15. The van der Waals surface area contributed by atoms with Crippen LogP contribution in [0, 0.1) is 18.7 Å². The highest BCUT2D eigenvalue weighted by Crippen LogP contribution is 2.34. The number of benzene rings is 3. The number of primary amides is 1. The SMILES string of the molecule is COc1ccc(Oc2cc(NCC3CCOCC3)c3ncn(-c4ccc(C(N)=O)c(C)c4)c3c2)cc1F. The summed E-state index contributed by atoms with van der Waals surface area (Å²) in [6, 6.07) is 13.7. The van der Waals surface area contributed by atoms with Crippen LogP contribution in [-0.2, 0) is 4.74 Å². The fourth-order valence-corrected chi connectivity index (χ4v) is 4.62. The van der Waals surface area contributed by atoms with Crippen molar-refractivity contribution in [2.75, 3.05) is 32.2 Å². The van der Waals surface area contributed by atoms with E-state index in [1.54, 1.807) is 18.5 Å². The number of carbonyl (C=O) groups excluding carboxylic acids is 1. The van der Waals surface area contributed by atoms with Crippen LogP contribution in [-0.4, -0.2) is 42.3 Å². The first-order valence-electron chi connectivity index (χ1n) is 12.2. The van der Waals surface area contributed by atoms with Gasteiger partial charge in [0.1, 0.15) is 23.3 Å². The van der Waals surface area contributed by atoms with Crippen molar-refractivity contribution in [1.82, 2.24) is 9.55 Å². The lowest BCUT2D eigenvalue weighted by Crippen LogP contribution is -2.22. The number of ether oxygens (including phenoxy) is 3. The molecule has 1 aliphatic rings. The van der Waals surface area contributed by atoms with Gasteiger partial charge in [-0.2, -0.15) is 0 Å². The molecule has 3 N–H and O–H groups in total. The zero-order valence-corrected chi connectivity index (χ0v) is 20.8. The van der Waals surface area contributed by atoms with Gasteiger partial charge in [-0.25, -0.2) is 9.37 Å². The minimum atomic E-state index is -0.506. The van der Waals surface area contributed by atoms with Crippen LogP contribution in [0.5, 0.6) is 17.2 Å². The molecule has 4 aromatic rings. The van der Waals surface area contributed by atoms with Gasteiger partial charge in [-0.3, -0.25) is 9.36 Å². The third-order valence-electron chi connectivity index (χ3n) is 6.66. The number of aryl methyl sites for hydroxylation is 1. The lowest BCUT2D eigenvalue weighted by molar-refractivity contribution is 0.0699. The Morgan fingerprint density at radius 2 is 1.97 bits per heavy atom. The highest BCUT2D eigenvalue weighted by molar-refractivity contribution is 5.95. The molecular weight excluding hydrogens is 475 g/mol. The summed E-state index contributed by atoms with van der Waals surface area (Å²) in [5.41, 5.74) is 9.94. The van der Waals surface area contributed by atoms with Gasteiger partial charge in [0.2, 0.25) is 5.91 Å². The van der Waals surface area contributed by atoms with Crippen molar-refractivity contribution in [2.24, 2.45) is 11.7 Å². The highest BCUT2D eigenvalue weighted by Gasteiger charge is 2.17. The molecule has 1 aromatic heterocycles. The van der Waals surface area contributed by atoms with Gasteiger partial charge < -0.3 is 25.3 Å². The fourth-order valence-electron chi connectivity index (χ4n) is 4.62. The van der Waals surface area contributed by atoms with Crippen LogP contribution in [0.15, 0.2) is 54.9 Å². The predicted molar refractivity (Wildman–Crippen MR) is 139 cm³/mol. The van der Waals surface area contributed by atoms with Crippen LogP contribution in [0.4, 0.5) is 10.1 Å². The zero-order valence-electron chi connectivity index (χ0n) is 20.8. The summed E-state index contributed by atoms with van der Waals surface area (Å²) in [5, 5.41) is 3.55. The number of aromatic nitrogens is 2. The molecule has 0 spiro atoms. The van der Waals surface area contributed by atoms with E-state index in [-0.39, 0.29) is 5.75 Å². The number of anilines is 1. The van der Waals surface area contributed by atoms with Crippen molar-refractivity contribution in [3.8, 4) is 22.9 Å². The molecule has 2 heterocycles. The Balaban J connectivity index is 1.54. The number of hydrogen-bond acceptors (Lipinski definition) is 6. The van der Waals surface area contributed by atoms with Gasteiger partial charge in [-0.15, -0.1) is 0 Å². The number of nitrogens with zero attached hydrogens (tertiary/aromatic N) is 2. The van der Waals surface area contributed by atoms with E-state index >= 15 is 0 Å². The van der Waals surface area contributed by atoms with Crippen molar-refractivity contribution in [2.45, 2.75) is 19.8 Å². The molecule has 1 saturated heterocycles. The van der Waals surface area contributed by atoms with Gasteiger partial charge in [-0.1, -0.05) is 0 Å². The number of imidazole rings is 1. The minimum Gasteiger partial charge on any atom is -0.494 e. The van der Waals surface area contributed by atoms with Crippen molar-refractivity contribution in [3.05, 3.63) is 71.8 Å². The smallest absolute Gasteiger partial charge is 0.248 e. The predicted octanol–water partition coefficient (Wildman–Crippen LogP) is 5.21. The molecule has 5 rings (SSSR count). The molecule has 9 heteroatoms. The third kappa shape index (κ3) is 5.22. The average Bonchev–Trinajstić information content (AvgIpc) is 3.32. The molecule has 1 aliphatic heterocycles. The molecule has 3 aromatic carbocycles. The summed E-state index contributed by atoms with van der Waals surface area (Å²) < 4.78 is 32.8. The van der Waals surface area contributed by atoms with Crippen LogP contribution < -0.4 is 20.5 Å². The fraction of sp³-hybridized carbons (Fsp3) is 0.286. The maximum Gasteiger partial charge on any atom is 0.248 e. The number of amides is 1. The molecule has 0 unspecified atom stereocenters. The molecule has 37 heavy (non-hydrogen) atoms. The second-order valence-corrected chi connectivity index (χ2v) is 9.15. The summed E-state index contributed by atoms with van der Waals surface area (Å²) >= 11 is 0. The molecule has 0 atom stereocenters. The van der Waals surface area contributed by atoms with Gasteiger partial charge in [-0.05, 0) is 61.6 Å². The van der Waals surface area contributed by atoms with E-state index in [0.29, 0.717) is 23.0 Å². The van der Waals surface area contributed by atoms with E-state index in [0.717, 1.165) is 60.6 Å². The van der Waals surface area contributed by atoms with Gasteiger partial charge in [0.05, 0.1) is 18.3 Å². The molecule has 0 saturated carbocycles. The maximum absolute atomic E-state index is 14.3. The van der Waals surface area contributed by atoms with Gasteiger partial charge >= 0.3 is 0 Å². The van der Waals surface area contributed by atoms with E-state index in [2.05, 4.69) is 10.3 Å². The Kier molecular flexibility index (Phi) is 6.96. The number of methoxy groups -OCH3 is 1. The highest BCUT2D eigenvalue weighted by atomic mass is 19.1. The van der Waals surface area contributed by atoms with E-state index in [1.807, 2.05) is 35.8 Å². The van der Waals surface area contributed by atoms with Crippen LogP contribution >= 0.6 is 0 Å². The molecule has 0 bridgehead atoms. The van der Waals surface area contributed by atoms with Crippen LogP contribution in [0.1, 0.15) is 28.8 Å². The van der Waals surface area contributed by atoms with Gasteiger partial charge in [0.25, 0.3) is 0 Å². The molecule has 8 nitrogen and oxygen atoms in total. The molecule has 1 amide bonds. The minimum absolute atomic E-state index is 0.148. The normalized spacial score (nSPS) is 14.0. The quantitative estimate of drug-likeness (QED) is 0.342. The Bertz CT molecular complexity index is 1450. The van der Waals surface area contributed by atoms with E-state index in [1.165, 1.54) is 19.2 Å². The topological polar surface area (TPSA) is 101 Å². The van der Waals surface area contributed by atoms with Crippen molar-refractivity contribution in [3.63, 3.8) is 0 Å². The first-order valence-corrected chi connectivity index (χ1v) is 12.2. The molecule has 1 fully saturated rings. The largest absolute Gasteiger partial charge is 0.494 e.